The maximum absolute atomic E-state index is 5.54. The summed E-state index contributed by atoms with van der Waals surface area (Å²) in [5.41, 5.74) is 13.0. The van der Waals surface area contributed by atoms with E-state index in [4.69, 9.17) is 15.0 Å². The fourth-order valence-electron chi connectivity index (χ4n) is 9.96. The van der Waals surface area contributed by atoms with E-state index in [0.29, 0.717) is 17.6 Å². The molecular weight excluding hydrogens is 793 g/mol. The third-order valence-corrected chi connectivity index (χ3v) is 13.3. The number of benzene rings is 8. The van der Waals surface area contributed by atoms with Gasteiger partial charge >= 0.3 is 0 Å². The van der Waals surface area contributed by atoms with Crippen LogP contribution < -0.4 is 0 Å². The molecule has 0 fully saturated rings. The van der Waals surface area contributed by atoms with E-state index in [1.165, 1.54) is 32.7 Å². The van der Waals surface area contributed by atoms with Crippen molar-refractivity contribution in [1.29, 1.82) is 0 Å². The summed E-state index contributed by atoms with van der Waals surface area (Å²) in [7, 11) is 0. The third-order valence-electron chi connectivity index (χ3n) is 13.3. The Bertz CT molecular complexity index is 3690. The van der Waals surface area contributed by atoms with Crippen molar-refractivity contribution < 1.29 is 0 Å². The molecule has 0 saturated carbocycles. The summed E-state index contributed by atoms with van der Waals surface area (Å²) in [5, 5.41) is 7.15. The lowest BCUT2D eigenvalue weighted by molar-refractivity contribution is 0.590. The summed E-state index contributed by atoms with van der Waals surface area (Å²) >= 11 is 0. The van der Waals surface area contributed by atoms with Gasteiger partial charge in [-0.3, -0.25) is 4.57 Å². The lowest BCUT2D eigenvalue weighted by Gasteiger charge is -2.19. The molecule has 6 nitrogen and oxygen atoms in total. The van der Waals surface area contributed by atoms with Crippen molar-refractivity contribution in [3.8, 4) is 40.1 Å². The topological polar surface area (TPSA) is 53.5 Å². The first kappa shape index (κ1) is 38.8. The number of hydrogen-bond donors (Lipinski definition) is 0. The van der Waals surface area contributed by atoms with Crippen LogP contribution in [0.5, 0.6) is 0 Å². The first-order chi connectivity index (χ1) is 31.5. The quantitative estimate of drug-likeness (QED) is 0.173. The summed E-state index contributed by atoms with van der Waals surface area (Å²) in [6.45, 7) is 13.7. The molecule has 0 unspecified atom stereocenters. The van der Waals surface area contributed by atoms with E-state index in [0.717, 1.165) is 66.4 Å². The van der Waals surface area contributed by atoms with Crippen LogP contribution in [-0.2, 0) is 10.8 Å². The minimum Gasteiger partial charge on any atom is -0.309 e. The molecule has 12 aromatic rings. The molecule has 0 N–H and O–H groups in total. The average molecular weight is 841 g/mol. The smallest absolute Gasteiger partial charge is 0.238 e. The van der Waals surface area contributed by atoms with Crippen LogP contribution in [-0.4, -0.2) is 28.7 Å². The molecular formula is C59H48N6. The molecule has 12 rings (SSSR count). The predicted octanol–water partition coefficient (Wildman–Crippen LogP) is 15.1. The van der Waals surface area contributed by atoms with Crippen molar-refractivity contribution in [2.24, 2.45) is 0 Å². The van der Waals surface area contributed by atoms with Gasteiger partial charge in [0.2, 0.25) is 5.95 Å². The second-order valence-electron chi connectivity index (χ2n) is 19.4. The fourth-order valence-corrected chi connectivity index (χ4v) is 9.96. The van der Waals surface area contributed by atoms with Crippen molar-refractivity contribution in [3.05, 3.63) is 193 Å². The van der Waals surface area contributed by atoms with Gasteiger partial charge in [0.15, 0.2) is 11.6 Å². The second-order valence-corrected chi connectivity index (χ2v) is 19.4. The Balaban J connectivity index is 1.16. The fraction of sp³-hybridized carbons (Fsp3) is 0.136. The van der Waals surface area contributed by atoms with Crippen LogP contribution in [0, 0.1) is 0 Å². The largest absolute Gasteiger partial charge is 0.309 e. The highest BCUT2D eigenvalue weighted by molar-refractivity contribution is 6.12. The lowest BCUT2D eigenvalue weighted by atomic mass is 9.85. The summed E-state index contributed by atoms with van der Waals surface area (Å²) in [5.74, 6) is 1.74. The van der Waals surface area contributed by atoms with E-state index in [1.807, 2.05) is 0 Å². The predicted molar refractivity (Wildman–Crippen MR) is 271 cm³/mol. The molecule has 314 valence electrons. The van der Waals surface area contributed by atoms with Gasteiger partial charge < -0.3 is 9.13 Å². The van der Waals surface area contributed by atoms with E-state index in [-0.39, 0.29) is 10.8 Å². The molecule has 0 aliphatic rings. The summed E-state index contributed by atoms with van der Waals surface area (Å²) in [4.78, 5) is 16.5. The standard InChI is InChI=1S/C59H48N6/c1-58(2,3)37-31-33-53-45(35-37)46-36-38(59(4,5)6)32-34-54(46)64(53)52-30-18-12-24-44(52)56-60-55(61-57(62-56)65-49-27-15-9-21-41(49)42-22-10-16-28-50(42)65)43-23-11-17-29-51(43)63-47-25-13-7-19-39(47)40-20-8-14-26-48(40)63/h7-36H,1-6H3. The minimum atomic E-state index is -0.0117. The summed E-state index contributed by atoms with van der Waals surface area (Å²) in [6.07, 6.45) is 0. The van der Waals surface area contributed by atoms with Crippen LogP contribution in [0.1, 0.15) is 52.7 Å². The van der Waals surface area contributed by atoms with Gasteiger partial charge in [0.05, 0.1) is 44.5 Å². The molecule has 65 heavy (non-hydrogen) atoms. The maximum Gasteiger partial charge on any atom is 0.238 e. The van der Waals surface area contributed by atoms with Crippen LogP contribution in [0.3, 0.4) is 0 Å². The van der Waals surface area contributed by atoms with Crippen LogP contribution >= 0.6 is 0 Å². The van der Waals surface area contributed by atoms with Crippen LogP contribution in [0.25, 0.3) is 106 Å². The van der Waals surface area contributed by atoms with Crippen LogP contribution in [0.15, 0.2) is 182 Å². The normalized spacial score (nSPS) is 12.5. The third kappa shape index (κ3) is 6.12. The monoisotopic (exact) mass is 840 g/mol. The zero-order valence-corrected chi connectivity index (χ0v) is 37.5. The number of para-hydroxylation sites is 6. The van der Waals surface area contributed by atoms with Gasteiger partial charge in [-0.15, -0.1) is 0 Å². The lowest BCUT2D eigenvalue weighted by Crippen LogP contribution is -2.10. The first-order valence-corrected chi connectivity index (χ1v) is 22.5. The maximum atomic E-state index is 5.54. The van der Waals surface area contributed by atoms with E-state index in [1.54, 1.807) is 0 Å². The van der Waals surface area contributed by atoms with Gasteiger partial charge in [0, 0.05) is 43.4 Å². The van der Waals surface area contributed by atoms with Gasteiger partial charge in [-0.2, -0.15) is 9.97 Å². The average Bonchev–Trinajstić information content (AvgIpc) is 3.96. The molecule has 4 heterocycles. The molecule has 0 aliphatic heterocycles. The molecule has 0 radical (unpaired) electrons. The van der Waals surface area contributed by atoms with Gasteiger partial charge in [0.25, 0.3) is 0 Å². The second kappa shape index (κ2) is 14.3. The van der Waals surface area contributed by atoms with E-state index in [9.17, 15) is 0 Å². The Hall–Kier alpha value is -7.83. The molecule has 8 aromatic carbocycles. The van der Waals surface area contributed by atoms with Gasteiger partial charge in [-0.1, -0.05) is 151 Å². The highest BCUT2D eigenvalue weighted by Gasteiger charge is 2.25. The zero-order valence-electron chi connectivity index (χ0n) is 37.5. The molecule has 4 aromatic heterocycles. The van der Waals surface area contributed by atoms with Crippen molar-refractivity contribution in [3.63, 3.8) is 0 Å². The molecule has 0 aliphatic carbocycles. The Morgan fingerprint density at radius 1 is 0.308 bits per heavy atom. The number of rotatable bonds is 5. The van der Waals surface area contributed by atoms with Crippen LogP contribution in [0.4, 0.5) is 0 Å². The highest BCUT2D eigenvalue weighted by atomic mass is 15.2. The SMILES string of the molecule is CC(C)(C)c1ccc2c(c1)c1cc(C(C)(C)C)ccc1n2-c1ccccc1-c1nc(-c2ccccc2-n2c3ccccc3c3ccccc32)nc(-n2c3ccccc3c3ccccc32)n1. The number of aromatic nitrogens is 6. The number of hydrogen-bond acceptors (Lipinski definition) is 3. The molecule has 6 heteroatoms. The molecule has 0 bridgehead atoms. The van der Waals surface area contributed by atoms with Crippen molar-refractivity contribution in [1.82, 2.24) is 28.7 Å². The van der Waals surface area contributed by atoms with Crippen molar-refractivity contribution in [2.75, 3.05) is 0 Å². The van der Waals surface area contributed by atoms with Crippen molar-refractivity contribution in [2.45, 2.75) is 52.4 Å². The Kier molecular flexibility index (Phi) is 8.57. The number of nitrogens with zero attached hydrogens (tertiary/aromatic N) is 6. The number of fused-ring (bicyclic) bond motifs is 9. The summed E-state index contributed by atoms with van der Waals surface area (Å²) in [6, 6.07) is 65.4. The van der Waals surface area contributed by atoms with Crippen molar-refractivity contribution >= 4 is 65.4 Å². The zero-order chi connectivity index (χ0) is 44.2. The Morgan fingerprint density at radius 3 is 1.02 bits per heavy atom. The first-order valence-electron chi connectivity index (χ1n) is 22.5. The molecule has 0 amide bonds. The molecule has 0 saturated heterocycles. The van der Waals surface area contributed by atoms with E-state index < -0.39 is 0 Å². The minimum absolute atomic E-state index is 0.0117. The van der Waals surface area contributed by atoms with Gasteiger partial charge in [-0.05, 0) is 94.8 Å². The Labute approximate surface area is 378 Å². The highest BCUT2D eigenvalue weighted by Crippen LogP contribution is 2.41. The summed E-state index contributed by atoms with van der Waals surface area (Å²) < 4.78 is 6.97. The van der Waals surface area contributed by atoms with E-state index in [2.05, 4.69) is 237 Å². The van der Waals surface area contributed by atoms with Crippen LogP contribution in [0.2, 0.25) is 0 Å². The van der Waals surface area contributed by atoms with E-state index >= 15 is 0 Å². The Morgan fingerprint density at radius 2 is 0.631 bits per heavy atom. The molecule has 0 atom stereocenters. The van der Waals surface area contributed by atoms with Gasteiger partial charge in [0.1, 0.15) is 0 Å². The van der Waals surface area contributed by atoms with Gasteiger partial charge in [-0.25, -0.2) is 4.98 Å². The molecule has 0 spiro atoms.